The largest absolute Gasteiger partial charge is 0.459 e. The number of ether oxygens (including phenoxy) is 1. The molecule has 164 valence electrons. The van der Waals surface area contributed by atoms with Crippen LogP contribution in [0.1, 0.15) is 39.4 Å². The summed E-state index contributed by atoms with van der Waals surface area (Å²) >= 11 is 3.72. The lowest BCUT2D eigenvalue weighted by Gasteiger charge is -2.10. The van der Waals surface area contributed by atoms with Crippen molar-refractivity contribution in [2.45, 2.75) is 32.0 Å². The zero-order chi connectivity index (χ0) is 22.7. The summed E-state index contributed by atoms with van der Waals surface area (Å²) in [6.45, 7) is 5.03. The molecule has 0 aromatic carbocycles. The molecule has 2 amide bonds. The van der Waals surface area contributed by atoms with Crippen LogP contribution in [0, 0.1) is 6.92 Å². The summed E-state index contributed by atoms with van der Waals surface area (Å²) in [6.07, 6.45) is -0.351. The summed E-state index contributed by atoms with van der Waals surface area (Å²) in [5.41, 5.74) is 5.94. The van der Waals surface area contributed by atoms with Gasteiger partial charge in [0, 0.05) is 7.05 Å². The van der Waals surface area contributed by atoms with Crippen molar-refractivity contribution in [1.82, 2.24) is 14.8 Å². The Morgan fingerprint density at radius 1 is 1.32 bits per heavy atom. The monoisotopic (exact) mass is 479 g/mol. The summed E-state index contributed by atoms with van der Waals surface area (Å²) < 4.78 is 7.07. The zero-order valence-electron chi connectivity index (χ0n) is 17.3. The van der Waals surface area contributed by atoms with Crippen molar-refractivity contribution in [2.75, 3.05) is 11.1 Å². The number of carbonyl (C=O) groups is 3. The fourth-order valence-corrected chi connectivity index (χ4v) is 5.23. The smallest absolute Gasteiger partial charge is 0.341 e. The lowest BCUT2D eigenvalue weighted by atomic mass is 10.1. The van der Waals surface area contributed by atoms with Crippen molar-refractivity contribution in [2.24, 2.45) is 12.8 Å². The van der Waals surface area contributed by atoms with Crippen LogP contribution in [0.15, 0.2) is 22.7 Å². The predicted molar refractivity (Wildman–Crippen MR) is 122 cm³/mol. The second-order valence-electron chi connectivity index (χ2n) is 6.76. The highest BCUT2D eigenvalue weighted by Gasteiger charge is 2.26. The van der Waals surface area contributed by atoms with Crippen LogP contribution in [-0.4, -0.2) is 44.4 Å². The third-order valence-corrected chi connectivity index (χ3v) is 7.19. The first-order valence-corrected chi connectivity index (χ1v) is 11.9. The van der Waals surface area contributed by atoms with E-state index in [2.05, 4.69) is 15.5 Å². The standard InChI is InChI=1S/C19H21N5O4S3/c1-9(2)28-18(27)13-10(3)14(15(20)26)31-17(13)21-12(25)8-30-19-23-22-16(24(19)4)11-6-5-7-29-11/h5-7,9H,8H2,1-4H3,(H2,20,26)(H,21,25). The normalized spacial score (nSPS) is 11.0. The Labute approximate surface area is 191 Å². The van der Waals surface area contributed by atoms with Gasteiger partial charge in [0.05, 0.1) is 27.2 Å². The molecule has 0 radical (unpaired) electrons. The molecule has 0 aliphatic carbocycles. The molecule has 12 heteroatoms. The molecule has 0 spiro atoms. The molecule has 0 saturated carbocycles. The number of nitrogens with two attached hydrogens (primary N) is 1. The van der Waals surface area contributed by atoms with E-state index in [0.29, 0.717) is 10.7 Å². The number of hydrogen-bond donors (Lipinski definition) is 2. The highest BCUT2D eigenvalue weighted by Crippen LogP contribution is 2.34. The maximum atomic E-state index is 12.6. The van der Waals surface area contributed by atoms with E-state index in [0.717, 1.165) is 22.0 Å². The Bertz CT molecular complexity index is 1120. The van der Waals surface area contributed by atoms with Crippen molar-refractivity contribution in [3.05, 3.63) is 33.5 Å². The average molecular weight is 480 g/mol. The molecule has 9 nitrogen and oxygen atoms in total. The van der Waals surface area contributed by atoms with Crippen molar-refractivity contribution in [1.29, 1.82) is 0 Å². The van der Waals surface area contributed by atoms with Gasteiger partial charge in [0.2, 0.25) is 5.91 Å². The number of hydrogen-bond acceptors (Lipinski definition) is 9. The highest BCUT2D eigenvalue weighted by atomic mass is 32.2. The fourth-order valence-electron chi connectivity index (χ4n) is 2.71. The van der Waals surface area contributed by atoms with E-state index in [1.165, 1.54) is 11.8 Å². The number of thioether (sulfide) groups is 1. The van der Waals surface area contributed by atoms with E-state index in [1.807, 2.05) is 29.1 Å². The maximum absolute atomic E-state index is 12.6. The molecule has 3 aromatic heterocycles. The molecular weight excluding hydrogens is 458 g/mol. The van der Waals surface area contributed by atoms with Crippen LogP contribution in [0.25, 0.3) is 10.7 Å². The Morgan fingerprint density at radius 2 is 2.06 bits per heavy atom. The van der Waals surface area contributed by atoms with Gasteiger partial charge < -0.3 is 20.4 Å². The number of anilines is 1. The third-order valence-electron chi connectivity index (χ3n) is 4.08. The van der Waals surface area contributed by atoms with Crippen molar-refractivity contribution < 1.29 is 19.1 Å². The number of thiophene rings is 2. The summed E-state index contributed by atoms with van der Waals surface area (Å²) in [6, 6.07) is 3.88. The van der Waals surface area contributed by atoms with Crippen LogP contribution in [0.2, 0.25) is 0 Å². The molecular formula is C19H21N5O4S3. The Morgan fingerprint density at radius 3 is 2.68 bits per heavy atom. The van der Waals surface area contributed by atoms with Gasteiger partial charge in [-0.2, -0.15) is 0 Å². The fraction of sp³-hybridized carbons (Fsp3) is 0.316. The molecule has 3 heterocycles. The first-order valence-electron chi connectivity index (χ1n) is 9.19. The molecule has 0 unspecified atom stereocenters. The van der Waals surface area contributed by atoms with Crippen molar-refractivity contribution >= 4 is 57.2 Å². The number of amides is 2. The van der Waals surface area contributed by atoms with Crippen LogP contribution >= 0.6 is 34.4 Å². The van der Waals surface area contributed by atoms with Gasteiger partial charge in [0.1, 0.15) is 5.00 Å². The van der Waals surface area contributed by atoms with Gasteiger partial charge in [-0.1, -0.05) is 17.8 Å². The summed E-state index contributed by atoms with van der Waals surface area (Å²) in [5.74, 6) is -0.889. The first kappa shape index (κ1) is 23.0. The minimum absolute atomic E-state index is 0.0396. The maximum Gasteiger partial charge on any atom is 0.341 e. The van der Waals surface area contributed by atoms with Gasteiger partial charge >= 0.3 is 5.97 Å². The lowest BCUT2D eigenvalue weighted by Crippen LogP contribution is -2.18. The van der Waals surface area contributed by atoms with Crippen LogP contribution in [0.5, 0.6) is 0 Å². The SMILES string of the molecule is Cc1c(C(N)=O)sc(NC(=O)CSc2nnc(-c3cccs3)n2C)c1C(=O)OC(C)C. The zero-order valence-corrected chi connectivity index (χ0v) is 19.7. The lowest BCUT2D eigenvalue weighted by molar-refractivity contribution is -0.113. The minimum Gasteiger partial charge on any atom is -0.459 e. The number of carbonyl (C=O) groups excluding carboxylic acids is 3. The number of nitrogens with one attached hydrogen (secondary N) is 1. The quantitative estimate of drug-likeness (QED) is 0.374. The highest BCUT2D eigenvalue weighted by molar-refractivity contribution is 7.99. The molecule has 31 heavy (non-hydrogen) atoms. The number of esters is 1. The van der Waals surface area contributed by atoms with Gasteiger partial charge in [-0.15, -0.1) is 32.9 Å². The van der Waals surface area contributed by atoms with Crippen LogP contribution in [-0.2, 0) is 16.6 Å². The van der Waals surface area contributed by atoms with E-state index < -0.39 is 11.9 Å². The second-order valence-corrected chi connectivity index (χ2v) is 9.67. The van der Waals surface area contributed by atoms with Crippen LogP contribution in [0.4, 0.5) is 5.00 Å². The van der Waals surface area contributed by atoms with Gasteiger partial charge in [-0.05, 0) is 37.8 Å². The van der Waals surface area contributed by atoms with Crippen LogP contribution in [0.3, 0.4) is 0 Å². The molecule has 0 aliphatic rings. The van der Waals surface area contributed by atoms with Crippen LogP contribution < -0.4 is 11.1 Å². The predicted octanol–water partition coefficient (Wildman–Crippen LogP) is 3.31. The van der Waals surface area contributed by atoms with E-state index in [9.17, 15) is 14.4 Å². The third kappa shape index (κ3) is 5.14. The molecule has 0 fully saturated rings. The number of primary amides is 1. The molecule has 0 atom stereocenters. The van der Waals surface area contributed by atoms with E-state index >= 15 is 0 Å². The van der Waals surface area contributed by atoms with Gasteiger partial charge in [0.25, 0.3) is 5.91 Å². The number of aromatic nitrogens is 3. The topological polar surface area (TPSA) is 129 Å². The Kier molecular flexibility index (Phi) is 7.13. The minimum atomic E-state index is -0.670. The van der Waals surface area contributed by atoms with Gasteiger partial charge in [-0.25, -0.2) is 4.79 Å². The van der Waals surface area contributed by atoms with E-state index in [4.69, 9.17) is 10.5 Å². The molecule has 0 aliphatic heterocycles. The average Bonchev–Trinajstić information content (AvgIpc) is 3.39. The summed E-state index contributed by atoms with van der Waals surface area (Å²) in [5, 5.41) is 13.8. The van der Waals surface area contributed by atoms with E-state index in [-0.39, 0.29) is 33.2 Å². The van der Waals surface area contributed by atoms with E-state index in [1.54, 1.807) is 32.1 Å². The molecule has 0 bridgehead atoms. The second kappa shape index (κ2) is 9.62. The van der Waals surface area contributed by atoms with Crippen molar-refractivity contribution in [3.63, 3.8) is 0 Å². The summed E-state index contributed by atoms with van der Waals surface area (Å²) in [4.78, 5) is 38.0. The Balaban J connectivity index is 1.74. The summed E-state index contributed by atoms with van der Waals surface area (Å²) in [7, 11) is 1.83. The number of nitrogens with zero attached hydrogens (tertiary/aromatic N) is 3. The molecule has 3 N–H and O–H groups in total. The number of rotatable bonds is 8. The molecule has 3 aromatic rings. The molecule has 3 rings (SSSR count). The van der Waals surface area contributed by atoms with Gasteiger partial charge in [0.15, 0.2) is 11.0 Å². The van der Waals surface area contributed by atoms with Gasteiger partial charge in [-0.3, -0.25) is 9.59 Å². The Hall–Kier alpha value is -2.70. The first-order chi connectivity index (χ1) is 14.7. The molecule has 0 saturated heterocycles. The van der Waals surface area contributed by atoms with Crippen molar-refractivity contribution in [3.8, 4) is 10.7 Å².